The van der Waals surface area contributed by atoms with Crippen LogP contribution in [-0.2, 0) is 4.74 Å². The van der Waals surface area contributed by atoms with Gasteiger partial charge in [-0.15, -0.1) is 0 Å². The van der Waals surface area contributed by atoms with E-state index in [1.807, 2.05) is 0 Å². The second kappa shape index (κ2) is 2.70. The summed E-state index contributed by atoms with van der Waals surface area (Å²) in [7, 11) is 0. The Morgan fingerprint density at radius 2 is 1.62 bits per heavy atom. The second-order valence-corrected chi connectivity index (χ2v) is 2.50. The molecule has 2 aliphatic rings. The molecule has 0 N–H and O–H groups in total. The van der Waals surface area contributed by atoms with Crippen molar-refractivity contribution in [3.63, 3.8) is 0 Å². The third-order valence-corrected chi connectivity index (χ3v) is 1.91. The third kappa shape index (κ3) is 1.27. The first-order chi connectivity index (χ1) is 3.47. The van der Waals surface area contributed by atoms with Crippen molar-refractivity contribution in [2.45, 2.75) is 37.9 Å². The Balaban J connectivity index is 0.000000320. The maximum absolute atomic E-state index is 5.28. The molecule has 1 nitrogen and oxygen atoms in total. The fourth-order valence-electron chi connectivity index (χ4n) is 1.38. The van der Waals surface area contributed by atoms with Crippen molar-refractivity contribution in [2.24, 2.45) is 0 Å². The molecule has 2 atom stereocenters. The first-order valence-corrected chi connectivity index (χ1v) is 3.12. The maximum atomic E-state index is 5.28. The van der Waals surface area contributed by atoms with E-state index in [2.05, 4.69) is 0 Å². The molecule has 42 valence electrons. The van der Waals surface area contributed by atoms with E-state index in [1.165, 1.54) is 25.7 Å². The van der Waals surface area contributed by atoms with Crippen molar-refractivity contribution in [1.82, 2.24) is 0 Å². The van der Waals surface area contributed by atoms with Gasteiger partial charge in [0, 0.05) is 0 Å². The molecule has 1 saturated carbocycles. The molecule has 2 rings (SSSR count). The van der Waals surface area contributed by atoms with Crippen molar-refractivity contribution in [3.05, 3.63) is 0 Å². The maximum Gasteiger partial charge on any atom is 1.00 e. The quantitative estimate of drug-likeness (QED) is 0.280. The first kappa shape index (κ1) is 7.07. The number of fused-ring (bicyclic) bond motifs is 1. The summed E-state index contributed by atoms with van der Waals surface area (Å²) < 4.78 is 5.28. The van der Waals surface area contributed by atoms with Crippen LogP contribution in [0.4, 0.5) is 0 Å². The largest absolute Gasteiger partial charge is 1.00 e. The van der Waals surface area contributed by atoms with Crippen LogP contribution in [0, 0.1) is 0 Å². The van der Waals surface area contributed by atoms with Crippen LogP contribution >= 0.6 is 0 Å². The molecule has 0 bridgehead atoms. The third-order valence-electron chi connectivity index (χ3n) is 1.91. The molecule has 0 aromatic heterocycles. The van der Waals surface area contributed by atoms with E-state index in [-0.39, 0.29) is 31.0 Å². The van der Waals surface area contributed by atoms with Crippen LogP contribution in [0.15, 0.2) is 0 Å². The Hall–Kier alpha value is 0.960. The summed E-state index contributed by atoms with van der Waals surface area (Å²) in [6.45, 7) is 0. The Morgan fingerprint density at radius 1 is 1.12 bits per heavy atom. The zero-order chi connectivity index (χ0) is 4.69. The van der Waals surface area contributed by atoms with Gasteiger partial charge in [0.1, 0.15) is 0 Å². The minimum Gasteiger partial charge on any atom is -1.00 e. The summed E-state index contributed by atoms with van der Waals surface area (Å²) in [5, 5.41) is 0. The number of hydrogen-bond acceptors (Lipinski definition) is 1. The van der Waals surface area contributed by atoms with Gasteiger partial charge in [-0.05, 0) is 12.8 Å². The molecule has 2 heteroatoms. The minimum absolute atomic E-state index is 0. The van der Waals surface area contributed by atoms with Crippen molar-refractivity contribution >= 4 is 0 Å². The fraction of sp³-hybridized carbons (Fsp3) is 1.00. The Bertz CT molecular complexity index is 79.1. The molecule has 2 unspecified atom stereocenters. The van der Waals surface area contributed by atoms with Gasteiger partial charge < -0.3 is 6.16 Å². The van der Waals surface area contributed by atoms with Crippen LogP contribution in [0.2, 0.25) is 0 Å². The molecule has 0 aromatic carbocycles. The topological polar surface area (TPSA) is 12.5 Å². The van der Waals surface area contributed by atoms with Crippen molar-refractivity contribution in [1.29, 1.82) is 0 Å². The average Bonchev–Trinajstić information content (AvgIpc) is 2.41. The average molecular weight is 122 g/mol. The molecule has 0 radical (unpaired) electrons. The molecule has 1 aliphatic heterocycles. The zero-order valence-corrected chi connectivity index (χ0v) is 7.39. The van der Waals surface area contributed by atoms with Gasteiger partial charge in [0.25, 0.3) is 0 Å². The molecule has 0 spiro atoms. The van der Waals surface area contributed by atoms with E-state index < -0.39 is 0 Å². The van der Waals surface area contributed by atoms with Gasteiger partial charge in [-0.3, -0.25) is 0 Å². The molecule has 0 amide bonds. The normalized spacial score (nSPS) is 42.0. The van der Waals surface area contributed by atoms with Crippen molar-refractivity contribution < 1.29 is 35.7 Å². The van der Waals surface area contributed by atoms with Crippen LogP contribution in [0.3, 0.4) is 0 Å². The van der Waals surface area contributed by atoms with Crippen LogP contribution < -0.4 is 29.6 Å². The van der Waals surface area contributed by atoms with Gasteiger partial charge in [-0.25, -0.2) is 0 Å². The van der Waals surface area contributed by atoms with E-state index in [9.17, 15) is 0 Å². The van der Waals surface area contributed by atoms with Gasteiger partial charge in [0.2, 0.25) is 0 Å². The SMILES string of the molecule is C1CCC2OC2C1.[H-].[Na+]. The smallest absolute Gasteiger partial charge is 1.00 e. The summed E-state index contributed by atoms with van der Waals surface area (Å²) in [5.41, 5.74) is 0. The Labute approximate surface area is 73.6 Å². The minimum atomic E-state index is 0. The molecule has 1 heterocycles. The summed E-state index contributed by atoms with van der Waals surface area (Å²) in [5.74, 6) is 0. The summed E-state index contributed by atoms with van der Waals surface area (Å²) in [6, 6.07) is 0. The van der Waals surface area contributed by atoms with Gasteiger partial charge >= 0.3 is 29.6 Å². The van der Waals surface area contributed by atoms with E-state index >= 15 is 0 Å². The number of hydrogen-bond donors (Lipinski definition) is 0. The fourth-order valence-corrected chi connectivity index (χ4v) is 1.38. The number of ether oxygens (including phenoxy) is 1. The number of rotatable bonds is 0. The first-order valence-electron chi connectivity index (χ1n) is 3.12. The van der Waals surface area contributed by atoms with Gasteiger partial charge in [0.15, 0.2) is 0 Å². The molecule has 8 heavy (non-hydrogen) atoms. The van der Waals surface area contributed by atoms with E-state index in [0.29, 0.717) is 12.2 Å². The Morgan fingerprint density at radius 3 is 2.00 bits per heavy atom. The molecule has 2 fully saturated rings. The van der Waals surface area contributed by atoms with E-state index in [0.717, 1.165) is 0 Å². The summed E-state index contributed by atoms with van der Waals surface area (Å²) in [4.78, 5) is 0. The standard InChI is InChI=1S/C6H10O.Na.H/c1-2-4-6-5(3-1)7-6;;/h5-6H,1-4H2;;/q;+1;-1. The monoisotopic (exact) mass is 122 g/mol. The predicted molar refractivity (Wildman–Crippen MR) is 28.2 cm³/mol. The molecule has 1 aliphatic carbocycles. The van der Waals surface area contributed by atoms with Gasteiger partial charge in [-0.2, -0.15) is 0 Å². The van der Waals surface area contributed by atoms with E-state index in [1.54, 1.807) is 0 Å². The molecule has 0 aromatic rings. The van der Waals surface area contributed by atoms with Crippen molar-refractivity contribution in [3.8, 4) is 0 Å². The second-order valence-electron chi connectivity index (χ2n) is 2.50. The predicted octanol–water partition coefficient (Wildman–Crippen LogP) is -1.56. The number of epoxide rings is 1. The summed E-state index contributed by atoms with van der Waals surface area (Å²) in [6.07, 6.45) is 6.89. The van der Waals surface area contributed by atoms with Crippen LogP contribution in [0.1, 0.15) is 27.1 Å². The van der Waals surface area contributed by atoms with Gasteiger partial charge in [0.05, 0.1) is 12.2 Å². The van der Waals surface area contributed by atoms with Crippen LogP contribution in [-0.4, -0.2) is 12.2 Å². The van der Waals surface area contributed by atoms with Crippen LogP contribution in [0.5, 0.6) is 0 Å². The summed E-state index contributed by atoms with van der Waals surface area (Å²) >= 11 is 0. The molecular formula is C6H11NaO. The van der Waals surface area contributed by atoms with Crippen molar-refractivity contribution in [2.75, 3.05) is 0 Å². The molecular weight excluding hydrogens is 111 g/mol. The van der Waals surface area contributed by atoms with Gasteiger partial charge in [-0.1, -0.05) is 12.8 Å². The van der Waals surface area contributed by atoms with E-state index in [4.69, 9.17) is 4.74 Å². The Kier molecular flexibility index (Phi) is 2.38. The van der Waals surface area contributed by atoms with Crippen LogP contribution in [0.25, 0.3) is 0 Å². The zero-order valence-electron chi connectivity index (χ0n) is 6.39. The molecule has 1 saturated heterocycles.